The number of carbonyl (C=O) groups is 1. The van der Waals surface area contributed by atoms with Crippen molar-refractivity contribution in [2.75, 3.05) is 17.7 Å². The molecule has 0 atom stereocenters. The van der Waals surface area contributed by atoms with Gasteiger partial charge in [0.25, 0.3) is 0 Å². The van der Waals surface area contributed by atoms with Gasteiger partial charge in [-0.15, -0.1) is 0 Å². The lowest BCUT2D eigenvalue weighted by molar-refractivity contribution is -0.137. The molecule has 3 rings (SSSR count). The summed E-state index contributed by atoms with van der Waals surface area (Å²) in [5.74, 6) is 0.532. The average molecular weight is 425 g/mol. The SMILES string of the molecule is COc1ccc(NC(=O)Nc2ccc(C(F)(F)F)cc2)cc1-c1c(Cl)cnn1C. The average Bonchev–Trinajstić information content (AvgIpc) is 2.99. The molecule has 6 nitrogen and oxygen atoms in total. The van der Waals surface area contributed by atoms with Crippen LogP contribution in [0.4, 0.5) is 29.3 Å². The minimum Gasteiger partial charge on any atom is -0.496 e. The van der Waals surface area contributed by atoms with Crippen LogP contribution in [0.2, 0.25) is 5.02 Å². The molecule has 1 aromatic heterocycles. The molecular formula is C19H16ClF3N4O2. The Bertz CT molecular complexity index is 1010. The molecule has 0 aliphatic rings. The number of nitrogens with zero attached hydrogens (tertiary/aromatic N) is 2. The fraction of sp³-hybridized carbons (Fsp3) is 0.158. The van der Waals surface area contributed by atoms with Gasteiger partial charge in [0.15, 0.2) is 0 Å². The monoisotopic (exact) mass is 424 g/mol. The summed E-state index contributed by atoms with van der Waals surface area (Å²) in [6.45, 7) is 0. The van der Waals surface area contributed by atoms with E-state index in [0.29, 0.717) is 27.7 Å². The number of hydrogen-bond acceptors (Lipinski definition) is 3. The van der Waals surface area contributed by atoms with Gasteiger partial charge in [-0.25, -0.2) is 4.79 Å². The van der Waals surface area contributed by atoms with Crippen LogP contribution in [0.25, 0.3) is 11.3 Å². The van der Waals surface area contributed by atoms with Gasteiger partial charge in [-0.1, -0.05) is 11.6 Å². The van der Waals surface area contributed by atoms with E-state index in [2.05, 4.69) is 15.7 Å². The predicted molar refractivity (Wildman–Crippen MR) is 104 cm³/mol. The highest BCUT2D eigenvalue weighted by Crippen LogP contribution is 2.36. The molecule has 0 bridgehead atoms. The number of amides is 2. The van der Waals surface area contributed by atoms with Crippen LogP contribution in [0.1, 0.15) is 5.56 Å². The minimum atomic E-state index is -4.44. The summed E-state index contributed by atoms with van der Waals surface area (Å²) in [5, 5.41) is 9.61. The topological polar surface area (TPSA) is 68.2 Å². The van der Waals surface area contributed by atoms with Crippen molar-refractivity contribution in [2.45, 2.75) is 6.18 Å². The number of hydrogen-bond donors (Lipinski definition) is 2. The number of aromatic nitrogens is 2. The second-order valence-corrected chi connectivity index (χ2v) is 6.44. The summed E-state index contributed by atoms with van der Waals surface area (Å²) < 4.78 is 44.8. The summed E-state index contributed by atoms with van der Waals surface area (Å²) in [6, 6.07) is 8.47. The number of nitrogens with one attached hydrogen (secondary N) is 2. The van der Waals surface area contributed by atoms with Crippen LogP contribution in [-0.4, -0.2) is 22.9 Å². The highest BCUT2D eigenvalue weighted by Gasteiger charge is 2.30. The van der Waals surface area contributed by atoms with Crippen molar-refractivity contribution in [3.63, 3.8) is 0 Å². The summed E-state index contributed by atoms with van der Waals surface area (Å²) >= 11 is 6.20. The van der Waals surface area contributed by atoms with E-state index >= 15 is 0 Å². The molecule has 2 amide bonds. The number of methoxy groups -OCH3 is 1. The fourth-order valence-electron chi connectivity index (χ4n) is 2.72. The Morgan fingerprint density at radius 3 is 2.28 bits per heavy atom. The van der Waals surface area contributed by atoms with Gasteiger partial charge in [-0.2, -0.15) is 18.3 Å². The van der Waals surface area contributed by atoms with E-state index in [1.54, 1.807) is 29.9 Å². The van der Waals surface area contributed by atoms with E-state index in [1.165, 1.54) is 25.4 Å². The first kappa shape index (κ1) is 20.5. The maximum atomic E-state index is 12.6. The molecule has 1 heterocycles. The highest BCUT2D eigenvalue weighted by atomic mass is 35.5. The van der Waals surface area contributed by atoms with Crippen molar-refractivity contribution in [1.82, 2.24) is 9.78 Å². The number of benzene rings is 2. The number of ether oxygens (including phenoxy) is 1. The first-order valence-electron chi connectivity index (χ1n) is 8.30. The molecule has 2 N–H and O–H groups in total. The predicted octanol–water partition coefficient (Wildman–Crippen LogP) is 5.41. The number of aryl methyl sites for hydroxylation is 1. The third kappa shape index (κ3) is 4.62. The molecule has 10 heteroatoms. The quantitative estimate of drug-likeness (QED) is 0.588. The molecule has 0 aliphatic carbocycles. The number of rotatable bonds is 4. The van der Waals surface area contributed by atoms with Gasteiger partial charge >= 0.3 is 12.2 Å². The molecule has 0 unspecified atom stereocenters. The largest absolute Gasteiger partial charge is 0.496 e. The summed E-state index contributed by atoms with van der Waals surface area (Å²) in [7, 11) is 3.23. The summed E-state index contributed by atoms with van der Waals surface area (Å²) in [4.78, 5) is 12.2. The zero-order valence-corrected chi connectivity index (χ0v) is 16.1. The van der Waals surface area contributed by atoms with Crippen molar-refractivity contribution < 1.29 is 22.7 Å². The molecule has 29 heavy (non-hydrogen) atoms. The van der Waals surface area contributed by atoms with Crippen LogP contribution in [0, 0.1) is 0 Å². The Morgan fingerprint density at radius 1 is 1.10 bits per heavy atom. The third-order valence-electron chi connectivity index (χ3n) is 4.08. The first-order valence-corrected chi connectivity index (χ1v) is 8.68. The lowest BCUT2D eigenvalue weighted by atomic mass is 10.1. The van der Waals surface area contributed by atoms with Crippen LogP contribution in [0.3, 0.4) is 0 Å². The van der Waals surface area contributed by atoms with Crippen molar-refractivity contribution in [3.8, 4) is 17.0 Å². The van der Waals surface area contributed by atoms with Crippen LogP contribution in [0.15, 0.2) is 48.7 Å². The molecule has 2 aromatic carbocycles. The fourth-order valence-corrected chi connectivity index (χ4v) is 2.99. The zero-order chi connectivity index (χ0) is 21.2. The van der Waals surface area contributed by atoms with Gasteiger partial charge in [0.1, 0.15) is 5.75 Å². The maximum absolute atomic E-state index is 12.6. The van der Waals surface area contributed by atoms with Crippen molar-refractivity contribution in [1.29, 1.82) is 0 Å². The number of carbonyl (C=O) groups excluding carboxylic acids is 1. The Balaban J connectivity index is 1.78. The summed E-state index contributed by atoms with van der Waals surface area (Å²) in [6.07, 6.45) is -2.94. The van der Waals surface area contributed by atoms with Crippen LogP contribution in [-0.2, 0) is 13.2 Å². The van der Waals surface area contributed by atoms with Crippen molar-refractivity contribution in [2.24, 2.45) is 7.05 Å². The molecule has 0 saturated heterocycles. The minimum absolute atomic E-state index is 0.221. The lowest BCUT2D eigenvalue weighted by Gasteiger charge is -2.13. The lowest BCUT2D eigenvalue weighted by Crippen LogP contribution is -2.19. The Labute approximate surface area is 169 Å². The van der Waals surface area contributed by atoms with Crippen LogP contribution >= 0.6 is 11.6 Å². The second-order valence-electron chi connectivity index (χ2n) is 6.03. The van der Waals surface area contributed by atoms with E-state index in [1.807, 2.05) is 0 Å². The smallest absolute Gasteiger partial charge is 0.416 e. The maximum Gasteiger partial charge on any atom is 0.416 e. The van der Waals surface area contributed by atoms with Gasteiger partial charge in [-0.05, 0) is 42.5 Å². The molecule has 152 valence electrons. The zero-order valence-electron chi connectivity index (χ0n) is 15.3. The third-order valence-corrected chi connectivity index (χ3v) is 4.35. The molecule has 0 aliphatic heterocycles. The normalized spacial score (nSPS) is 11.2. The Hall–Kier alpha value is -3.20. The van der Waals surface area contributed by atoms with Crippen molar-refractivity contribution in [3.05, 3.63) is 59.2 Å². The highest BCUT2D eigenvalue weighted by molar-refractivity contribution is 6.33. The molecule has 0 spiro atoms. The number of halogens is 4. The first-order chi connectivity index (χ1) is 13.7. The molecule has 3 aromatic rings. The van der Waals surface area contributed by atoms with E-state index in [9.17, 15) is 18.0 Å². The number of anilines is 2. The van der Waals surface area contributed by atoms with Gasteiger partial charge in [0.05, 0.1) is 29.6 Å². The van der Waals surface area contributed by atoms with E-state index in [0.717, 1.165) is 12.1 Å². The Kier molecular flexibility index (Phi) is 5.69. The van der Waals surface area contributed by atoms with Gasteiger partial charge < -0.3 is 15.4 Å². The summed E-state index contributed by atoms with van der Waals surface area (Å²) in [5.41, 5.74) is 1.08. The van der Waals surface area contributed by atoms with Gasteiger partial charge in [0.2, 0.25) is 0 Å². The van der Waals surface area contributed by atoms with Gasteiger partial charge in [0, 0.05) is 24.0 Å². The second kappa shape index (κ2) is 8.04. The molecule has 0 saturated carbocycles. The molecule has 0 radical (unpaired) electrons. The number of urea groups is 1. The van der Waals surface area contributed by atoms with Crippen LogP contribution in [0.5, 0.6) is 5.75 Å². The number of alkyl halides is 3. The van der Waals surface area contributed by atoms with E-state index < -0.39 is 17.8 Å². The standard InChI is InChI=1S/C19H16ClF3N4O2/c1-27-17(15(20)10-24-27)14-9-13(7-8-16(14)29-2)26-18(28)25-12-5-3-11(4-6-12)19(21,22)23/h3-10H,1-2H3,(H2,25,26,28). The molecule has 0 fully saturated rings. The van der Waals surface area contributed by atoms with Gasteiger partial charge in [-0.3, -0.25) is 4.68 Å². The molecular weight excluding hydrogens is 409 g/mol. The van der Waals surface area contributed by atoms with E-state index in [4.69, 9.17) is 16.3 Å². The Morgan fingerprint density at radius 2 is 1.72 bits per heavy atom. The van der Waals surface area contributed by atoms with Crippen molar-refractivity contribution >= 4 is 29.0 Å². The van der Waals surface area contributed by atoms with E-state index in [-0.39, 0.29) is 5.69 Å². The van der Waals surface area contributed by atoms with Crippen LogP contribution < -0.4 is 15.4 Å².